The summed E-state index contributed by atoms with van der Waals surface area (Å²) in [6.45, 7) is 0.188. The highest BCUT2D eigenvalue weighted by atomic mass is 16.1. The molecule has 4 aromatic heterocycles. The number of pyridine rings is 1. The molecule has 2 aromatic carbocycles. The van der Waals surface area contributed by atoms with Gasteiger partial charge in [-0.15, -0.1) is 0 Å². The average Bonchev–Trinajstić information content (AvgIpc) is 3.52. The Morgan fingerprint density at radius 3 is 2.72 bits per heavy atom. The molecule has 176 valence electrons. The number of imidazole rings is 1. The van der Waals surface area contributed by atoms with Crippen molar-refractivity contribution in [3.63, 3.8) is 0 Å². The highest BCUT2D eigenvalue weighted by Gasteiger charge is 2.21. The second kappa shape index (κ2) is 8.58. The van der Waals surface area contributed by atoms with Crippen molar-refractivity contribution in [1.29, 1.82) is 0 Å². The van der Waals surface area contributed by atoms with Crippen molar-refractivity contribution >= 4 is 33.7 Å². The minimum absolute atomic E-state index is 0.0176. The third kappa shape index (κ3) is 3.90. The van der Waals surface area contributed by atoms with Gasteiger partial charge in [-0.25, -0.2) is 15.0 Å². The Bertz CT molecular complexity index is 1720. The molecule has 0 fully saturated rings. The van der Waals surface area contributed by atoms with Crippen molar-refractivity contribution < 1.29 is 4.79 Å². The summed E-state index contributed by atoms with van der Waals surface area (Å²) in [5, 5.41) is 8.26. The highest BCUT2D eigenvalue weighted by Crippen LogP contribution is 2.31. The number of nitrogens with two attached hydrogens (primary N) is 1. The first-order valence-electron chi connectivity index (χ1n) is 11.3. The van der Waals surface area contributed by atoms with Gasteiger partial charge in [0.25, 0.3) is 5.91 Å². The molecule has 10 nitrogen and oxygen atoms in total. The summed E-state index contributed by atoms with van der Waals surface area (Å²) in [4.78, 5) is 34.5. The number of rotatable bonds is 5. The van der Waals surface area contributed by atoms with Crippen LogP contribution in [-0.4, -0.2) is 40.6 Å². The molecule has 4 N–H and O–H groups in total. The molecule has 0 saturated heterocycles. The summed E-state index contributed by atoms with van der Waals surface area (Å²) >= 11 is 0. The molecule has 0 bridgehead atoms. The lowest BCUT2D eigenvalue weighted by Gasteiger charge is -2.12. The minimum Gasteiger partial charge on any atom is -0.382 e. The van der Waals surface area contributed by atoms with Crippen LogP contribution < -0.4 is 11.1 Å². The van der Waals surface area contributed by atoms with E-state index in [4.69, 9.17) is 10.7 Å². The Labute approximate surface area is 205 Å². The van der Waals surface area contributed by atoms with Gasteiger partial charge < -0.3 is 16.0 Å². The minimum atomic E-state index is -0.447. The largest absolute Gasteiger partial charge is 0.382 e. The molecule has 0 atom stereocenters. The fourth-order valence-corrected chi connectivity index (χ4v) is 4.10. The Morgan fingerprint density at radius 1 is 1.00 bits per heavy atom. The van der Waals surface area contributed by atoms with Crippen molar-refractivity contribution in [2.45, 2.75) is 6.54 Å². The second-order valence-electron chi connectivity index (χ2n) is 8.32. The van der Waals surface area contributed by atoms with E-state index >= 15 is 0 Å². The molecule has 6 rings (SSSR count). The number of aryl methyl sites for hydroxylation is 1. The number of carbonyl (C=O) groups is 1. The summed E-state index contributed by atoms with van der Waals surface area (Å²) in [5.41, 5.74) is 11.2. The van der Waals surface area contributed by atoms with Gasteiger partial charge in [0, 0.05) is 30.4 Å². The lowest BCUT2D eigenvalue weighted by molar-refractivity contribution is 0.0946. The van der Waals surface area contributed by atoms with Crippen LogP contribution in [-0.2, 0) is 13.6 Å². The first-order chi connectivity index (χ1) is 17.5. The first kappa shape index (κ1) is 21.4. The number of hydrogen-bond acceptors (Lipinski definition) is 7. The van der Waals surface area contributed by atoms with E-state index < -0.39 is 5.91 Å². The molecule has 6 aromatic rings. The number of aromatic nitrogens is 7. The molecule has 0 radical (unpaired) electrons. The van der Waals surface area contributed by atoms with Crippen molar-refractivity contribution in [3.05, 3.63) is 84.6 Å². The molecule has 36 heavy (non-hydrogen) atoms. The van der Waals surface area contributed by atoms with Crippen LogP contribution in [0.1, 0.15) is 16.3 Å². The number of para-hydroxylation sites is 2. The molecule has 1 amide bonds. The van der Waals surface area contributed by atoms with Crippen LogP contribution >= 0.6 is 0 Å². The van der Waals surface area contributed by atoms with E-state index in [0.29, 0.717) is 22.9 Å². The van der Waals surface area contributed by atoms with Crippen LogP contribution in [0.4, 0.5) is 5.82 Å². The number of benzene rings is 2. The van der Waals surface area contributed by atoms with E-state index in [9.17, 15) is 4.79 Å². The lowest BCUT2D eigenvalue weighted by atomic mass is 10.0. The van der Waals surface area contributed by atoms with Crippen LogP contribution in [0.3, 0.4) is 0 Å². The van der Waals surface area contributed by atoms with E-state index in [1.807, 2.05) is 73.9 Å². The van der Waals surface area contributed by atoms with Gasteiger partial charge in [-0.3, -0.25) is 14.5 Å². The van der Waals surface area contributed by atoms with Gasteiger partial charge in [0.15, 0.2) is 11.5 Å². The summed E-state index contributed by atoms with van der Waals surface area (Å²) in [5.74, 6) is 0.198. The normalized spacial score (nSPS) is 11.2. The quantitative estimate of drug-likeness (QED) is 0.347. The Balaban J connectivity index is 1.39. The molecule has 10 heteroatoms. The van der Waals surface area contributed by atoms with Crippen LogP contribution in [0.15, 0.2) is 73.1 Å². The predicted molar refractivity (Wildman–Crippen MR) is 137 cm³/mol. The topological polar surface area (TPSA) is 140 Å². The second-order valence-corrected chi connectivity index (χ2v) is 8.32. The lowest BCUT2D eigenvalue weighted by Crippen LogP contribution is -2.26. The summed E-state index contributed by atoms with van der Waals surface area (Å²) < 4.78 is 1.68. The molecule has 4 heterocycles. The molecule has 0 saturated carbocycles. The average molecular weight is 476 g/mol. The Hall–Kier alpha value is -5.12. The number of amides is 1. The third-order valence-electron chi connectivity index (χ3n) is 5.83. The molecule has 0 aliphatic heterocycles. The summed E-state index contributed by atoms with van der Waals surface area (Å²) in [6.07, 6.45) is 3.56. The molecular weight excluding hydrogens is 454 g/mol. The van der Waals surface area contributed by atoms with E-state index in [2.05, 4.69) is 30.4 Å². The van der Waals surface area contributed by atoms with E-state index in [1.165, 1.54) is 0 Å². The number of H-pyrrole nitrogens is 1. The Morgan fingerprint density at radius 2 is 1.89 bits per heavy atom. The maximum absolute atomic E-state index is 13.1. The molecule has 0 aliphatic carbocycles. The highest BCUT2D eigenvalue weighted by molar-refractivity contribution is 5.98. The van der Waals surface area contributed by atoms with Crippen LogP contribution in [0.25, 0.3) is 44.6 Å². The van der Waals surface area contributed by atoms with Gasteiger partial charge in [0.05, 0.1) is 28.8 Å². The van der Waals surface area contributed by atoms with E-state index in [-0.39, 0.29) is 18.1 Å². The maximum atomic E-state index is 13.1. The smallest absolute Gasteiger partial charge is 0.274 e. The zero-order valence-electron chi connectivity index (χ0n) is 19.3. The van der Waals surface area contributed by atoms with Gasteiger partial charge in [-0.2, -0.15) is 5.10 Å². The zero-order valence-corrected chi connectivity index (χ0v) is 19.3. The predicted octanol–water partition coefficient (Wildman–Crippen LogP) is 3.48. The van der Waals surface area contributed by atoms with E-state index in [1.54, 1.807) is 10.9 Å². The summed E-state index contributed by atoms with van der Waals surface area (Å²) in [7, 11) is 1.82. The number of carbonyl (C=O) groups excluding carboxylic acids is 1. The van der Waals surface area contributed by atoms with Gasteiger partial charge in [0.2, 0.25) is 0 Å². The van der Waals surface area contributed by atoms with Gasteiger partial charge >= 0.3 is 0 Å². The SMILES string of the molecule is Cn1ccc(-c2nc(N)c(C(=O)NCc3nc4ccccc4[nH]3)nc2-c2ccc3ncccc3c2)n1. The van der Waals surface area contributed by atoms with Crippen molar-refractivity contribution in [2.75, 3.05) is 5.73 Å². The summed E-state index contributed by atoms with van der Waals surface area (Å²) in [6, 6.07) is 19.1. The van der Waals surface area contributed by atoms with Crippen LogP contribution in [0.2, 0.25) is 0 Å². The van der Waals surface area contributed by atoms with Gasteiger partial charge in [-0.05, 0) is 36.4 Å². The molecule has 0 unspecified atom stereocenters. The van der Waals surface area contributed by atoms with E-state index in [0.717, 1.165) is 27.5 Å². The molecule has 0 aliphatic rings. The third-order valence-corrected chi connectivity index (χ3v) is 5.83. The fourth-order valence-electron chi connectivity index (χ4n) is 4.10. The standard InChI is InChI=1S/C26H21N9O/c1-35-12-10-20(34-35)23-22(16-8-9-17-15(13-16)5-4-11-28-17)32-24(25(27)33-23)26(36)29-14-21-30-18-6-2-3-7-19(18)31-21/h2-13H,14H2,1H3,(H2,27,33)(H,29,36)(H,30,31). The molecular formula is C26H21N9O. The van der Waals surface area contributed by atoms with Crippen molar-refractivity contribution in [2.24, 2.45) is 7.05 Å². The first-order valence-corrected chi connectivity index (χ1v) is 11.3. The number of nitrogen functional groups attached to an aromatic ring is 1. The number of hydrogen-bond donors (Lipinski definition) is 3. The fraction of sp³-hybridized carbons (Fsp3) is 0.0769. The van der Waals surface area contributed by atoms with Crippen molar-refractivity contribution in [1.82, 2.24) is 40.0 Å². The zero-order chi connectivity index (χ0) is 24.6. The maximum Gasteiger partial charge on any atom is 0.274 e. The van der Waals surface area contributed by atoms with Gasteiger partial charge in [0.1, 0.15) is 17.2 Å². The number of fused-ring (bicyclic) bond motifs is 2. The van der Waals surface area contributed by atoms with Crippen LogP contribution in [0, 0.1) is 0 Å². The molecule has 0 spiro atoms. The number of nitrogens with one attached hydrogen (secondary N) is 2. The number of anilines is 1. The number of aromatic amines is 1. The Kier molecular flexibility index (Phi) is 5.11. The van der Waals surface area contributed by atoms with Crippen molar-refractivity contribution in [3.8, 4) is 22.6 Å². The number of nitrogens with zero attached hydrogens (tertiary/aromatic N) is 6. The monoisotopic (exact) mass is 475 g/mol. The van der Waals surface area contributed by atoms with Crippen LogP contribution in [0.5, 0.6) is 0 Å². The van der Waals surface area contributed by atoms with Gasteiger partial charge in [-0.1, -0.05) is 24.3 Å².